The summed E-state index contributed by atoms with van der Waals surface area (Å²) in [6.07, 6.45) is 0. The maximum absolute atomic E-state index is 12.2. The highest BCUT2D eigenvalue weighted by Gasteiger charge is 2.29. The van der Waals surface area contributed by atoms with Crippen LogP contribution in [0.15, 0.2) is 18.2 Å². The topological polar surface area (TPSA) is 75.8 Å². The third kappa shape index (κ3) is 3.87. The predicted molar refractivity (Wildman–Crippen MR) is 78.6 cm³/mol. The van der Waals surface area contributed by atoms with Crippen molar-refractivity contribution in [2.75, 3.05) is 14.2 Å². The molecule has 0 bridgehead atoms. The number of amides is 1. The number of methoxy groups -OCH3 is 1. The Balaban J connectivity index is 2.80. The van der Waals surface area contributed by atoms with Crippen molar-refractivity contribution in [1.82, 2.24) is 4.90 Å². The molecule has 1 unspecified atom stereocenters. The molecule has 20 heavy (non-hydrogen) atoms. The molecule has 0 spiro atoms. The molecule has 112 valence electrons. The molecule has 1 aromatic rings. The zero-order valence-corrected chi connectivity index (χ0v) is 12.8. The number of nitrogens with two attached hydrogens (primary N) is 1. The summed E-state index contributed by atoms with van der Waals surface area (Å²) in [7, 11) is 3.20. The first kappa shape index (κ1) is 16.3. The van der Waals surface area contributed by atoms with E-state index in [2.05, 4.69) is 0 Å². The molecular formula is C15H24N2O3. The fourth-order valence-electron chi connectivity index (χ4n) is 1.78. The third-order valence-electron chi connectivity index (χ3n) is 3.24. The Bertz CT molecular complexity index is 480. The van der Waals surface area contributed by atoms with E-state index in [0.717, 1.165) is 5.56 Å². The summed E-state index contributed by atoms with van der Waals surface area (Å²) >= 11 is 0. The van der Waals surface area contributed by atoms with Gasteiger partial charge in [0.25, 0.3) is 0 Å². The molecule has 1 aromatic carbocycles. The normalized spacial score (nSPS) is 12.9. The average Bonchev–Trinajstić information content (AvgIpc) is 2.38. The Morgan fingerprint density at radius 1 is 1.45 bits per heavy atom. The number of rotatable bonds is 4. The number of carbonyl (C=O) groups is 1. The van der Waals surface area contributed by atoms with Gasteiger partial charge in [-0.15, -0.1) is 0 Å². The first-order valence-electron chi connectivity index (χ1n) is 6.53. The lowest BCUT2D eigenvalue weighted by Crippen LogP contribution is -2.48. The largest absolute Gasteiger partial charge is 0.504 e. The number of likely N-dealkylation sites (N-methyl/N-ethyl adjacent to an activating group) is 1. The van der Waals surface area contributed by atoms with Crippen LogP contribution in [0.3, 0.4) is 0 Å². The molecule has 0 radical (unpaired) electrons. The lowest BCUT2D eigenvalue weighted by Gasteiger charge is -2.30. The summed E-state index contributed by atoms with van der Waals surface area (Å²) in [5, 5.41) is 9.55. The molecule has 5 heteroatoms. The van der Waals surface area contributed by atoms with Gasteiger partial charge in [-0.2, -0.15) is 0 Å². The number of benzene rings is 1. The lowest BCUT2D eigenvalue weighted by atomic mass is 9.86. The number of aromatic hydroxyl groups is 1. The van der Waals surface area contributed by atoms with Gasteiger partial charge in [-0.05, 0) is 23.1 Å². The molecule has 0 saturated heterocycles. The second-order valence-electron chi connectivity index (χ2n) is 6.04. The van der Waals surface area contributed by atoms with E-state index in [1.54, 1.807) is 30.1 Å². The van der Waals surface area contributed by atoms with Crippen LogP contribution in [0.2, 0.25) is 0 Å². The molecule has 0 saturated carbocycles. The van der Waals surface area contributed by atoms with E-state index >= 15 is 0 Å². The van der Waals surface area contributed by atoms with E-state index < -0.39 is 6.04 Å². The molecule has 1 amide bonds. The maximum atomic E-state index is 12.2. The molecule has 1 rings (SSSR count). The van der Waals surface area contributed by atoms with Crippen LogP contribution in [-0.2, 0) is 11.3 Å². The molecule has 0 aliphatic carbocycles. The summed E-state index contributed by atoms with van der Waals surface area (Å²) in [6, 6.07) is 4.47. The molecule has 3 N–H and O–H groups in total. The zero-order valence-electron chi connectivity index (χ0n) is 12.8. The molecule has 0 aromatic heterocycles. The molecule has 0 aliphatic heterocycles. The van der Waals surface area contributed by atoms with Gasteiger partial charge in [0.1, 0.15) is 0 Å². The number of ether oxygens (including phenoxy) is 1. The number of phenols is 1. The first-order chi connectivity index (χ1) is 9.16. The summed E-state index contributed by atoms with van der Waals surface area (Å²) in [4.78, 5) is 13.8. The number of hydrogen-bond donors (Lipinski definition) is 2. The Morgan fingerprint density at radius 2 is 2.05 bits per heavy atom. The third-order valence-corrected chi connectivity index (χ3v) is 3.24. The van der Waals surface area contributed by atoms with Gasteiger partial charge < -0.3 is 20.5 Å². The molecule has 0 fully saturated rings. The molecule has 1 atom stereocenters. The summed E-state index contributed by atoms with van der Waals surface area (Å²) in [5.74, 6) is 0.365. The van der Waals surface area contributed by atoms with Crippen LogP contribution in [0.5, 0.6) is 11.5 Å². The van der Waals surface area contributed by atoms with Gasteiger partial charge in [0.05, 0.1) is 13.2 Å². The molecule has 0 aliphatic rings. The van der Waals surface area contributed by atoms with Crippen molar-refractivity contribution in [3.05, 3.63) is 23.8 Å². The fourth-order valence-corrected chi connectivity index (χ4v) is 1.78. The lowest BCUT2D eigenvalue weighted by molar-refractivity contribution is -0.134. The van der Waals surface area contributed by atoms with E-state index in [0.29, 0.717) is 12.3 Å². The average molecular weight is 280 g/mol. The van der Waals surface area contributed by atoms with Crippen molar-refractivity contribution in [3.8, 4) is 11.5 Å². The predicted octanol–water partition coefficient (Wildman–Crippen LogP) is 1.73. The van der Waals surface area contributed by atoms with Gasteiger partial charge in [0, 0.05) is 13.6 Å². The summed E-state index contributed by atoms with van der Waals surface area (Å²) < 4.78 is 5.05. The number of nitrogens with zero attached hydrogens (tertiary/aromatic N) is 1. The van der Waals surface area contributed by atoms with Crippen molar-refractivity contribution in [3.63, 3.8) is 0 Å². The number of phenolic OH excluding ortho intramolecular Hbond substituents is 1. The molecule has 5 nitrogen and oxygen atoms in total. The van der Waals surface area contributed by atoms with Crippen molar-refractivity contribution in [1.29, 1.82) is 0 Å². The van der Waals surface area contributed by atoms with Gasteiger partial charge in [-0.25, -0.2) is 0 Å². The second-order valence-corrected chi connectivity index (χ2v) is 6.04. The van der Waals surface area contributed by atoms with Crippen LogP contribution in [0, 0.1) is 5.41 Å². The van der Waals surface area contributed by atoms with Crippen LogP contribution in [0.25, 0.3) is 0 Å². The van der Waals surface area contributed by atoms with Crippen LogP contribution >= 0.6 is 0 Å². The Hall–Kier alpha value is -1.75. The highest BCUT2D eigenvalue weighted by Crippen LogP contribution is 2.27. The summed E-state index contributed by atoms with van der Waals surface area (Å²) in [6.45, 7) is 6.23. The van der Waals surface area contributed by atoms with Crippen LogP contribution in [0.4, 0.5) is 0 Å². The van der Waals surface area contributed by atoms with E-state index in [9.17, 15) is 9.90 Å². The second kappa shape index (κ2) is 6.13. The fraction of sp³-hybridized carbons (Fsp3) is 0.533. The van der Waals surface area contributed by atoms with Gasteiger partial charge >= 0.3 is 0 Å². The van der Waals surface area contributed by atoms with Crippen molar-refractivity contribution < 1.29 is 14.6 Å². The SMILES string of the molecule is COc1cc(CN(C)C(=O)C(N)C(C)(C)C)ccc1O. The quantitative estimate of drug-likeness (QED) is 0.880. The maximum Gasteiger partial charge on any atom is 0.240 e. The minimum atomic E-state index is -0.550. The molecule has 0 heterocycles. The Kier molecular flexibility index (Phi) is 5.00. The van der Waals surface area contributed by atoms with Gasteiger partial charge in [-0.3, -0.25) is 4.79 Å². The zero-order chi connectivity index (χ0) is 15.5. The van der Waals surface area contributed by atoms with Crippen LogP contribution in [0.1, 0.15) is 26.3 Å². The van der Waals surface area contributed by atoms with Gasteiger partial charge in [-0.1, -0.05) is 26.8 Å². The van der Waals surface area contributed by atoms with Crippen molar-refractivity contribution in [2.45, 2.75) is 33.4 Å². The van der Waals surface area contributed by atoms with E-state index in [-0.39, 0.29) is 17.1 Å². The number of carbonyl (C=O) groups excluding carboxylic acids is 1. The van der Waals surface area contributed by atoms with Crippen LogP contribution < -0.4 is 10.5 Å². The van der Waals surface area contributed by atoms with Gasteiger partial charge in [0.15, 0.2) is 11.5 Å². The van der Waals surface area contributed by atoms with E-state index in [1.165, 1.54) is 7.11 Å². The highest BCUT2D eigenvalue weighted by atomic mass is 16.5. The smallest absolute Gasteiger partial charge is 0.240 e. The Labute approximate surface area is 120 Å². The van der Waals surface area contributed by atoms with Crippen LogP contribution in [-0.4, -0.2) is 36.1 Å². The van der Waals surface area contributed by atoms with E-state index in [1.807, 2.05) is 20.8 Å². The van der Waals surface area contributed by atoms with Crippen molar-refractivity contribution in [2.24, 2.45) is 11.1 Å². The first-order valence-corrected chi connectivity index (χ1v) is 6.53. The highest BCUT2D eigenvalue weighted by molar-refractivity contribution is 5.82. The standard InChI is InChI=1S/C15H24N2O3/c1-15(2,3)13(16)14(19)17(4)9-10-6-7-11(18)12(8-10)20-5/h6-8,13,18H,9,16H2,1-5H3. The van der Waals surface area contributed by atoms with E-state index in [4.69, 9.17) is 10.5 Å². The monoisotopic (exact) mass is 280 g/mol. The number of hydrogen-bond acceptors (Lipinski definition) is 4. The minimum absolute atomic E-state index is 0.0802. The Morgan fingerprint density at radius 3 is 2.55 bits per heavy atom. The van der Waals surface area contributed by atoms with Gasteiger partial charge in [0.2, 0.25) is 5.91 Å². The summed E-state index contributed by atoms with van der Waals surface area (Å²) in [5.41, 5.74) is 6.57. The molecular weight excluding hydrogens is 256 g/mol. The van der Waals surface area contributed by atoms with Crippen molar-refractivity contribution >= 4 is 5.91 Å². The minimum Gasteiger partial charge on any atom is -0.504 e.